The molecule has 0 bridgehead atoms. The molecule has 3 heteroatoms. The molecule has 3 nitrogen and oxygen atoms in total. The van der Waals surface area contributed by atoms with Gasteiger partial charge in [0.25, 0.3) is 0 Å². The predicted molar refractivity (Wildman–Crippen MR) is 82.7 cm³/mol. The molecule has 2 aromatic rings. The lowest BCUT2D eigenvalue weighted by Crippen LogP contribution is -2.22. The van der Waals surface area contributed by atoms with Crippen LogP contribution in [0.2, 0.25) is 0 Å². The molecule has 0 amide bonds. The van der Waals surface area contributed by atoms with Crippen LogP contribution in [0.1, 0.15) is 32.1 Å². The first-order chi connectivity index (χ1) is 10.3. The topological polar surface area (TPSA) is 35.5 Å². The fourth-order valence-electron chi connectivity index (χ4n) is 3.04. The first-order valence-corrected chi connectivity index (χ1v) is 7.57. The lowest BCUT2D eigenvalue weighted by Gasteiger charge is -2.20. The molecule has 0 heterocycles. The average Bonchev–Trinajstić information content (AvgIpc) is 2.56. The summed E-state index contributed by atoms with van der Waals surface area (Å²) in [5.74, 6) is 1.38. The highest BCUT2D eigenvalue weighted by molar-refractivity contribution is 5.94. The second-order valence-electron chi connectivity index (χ2n) is 5.57. The molecule has 110 valence electrons. The Balaban J connectivity index is 1.88. The number of methoxy groups -OCH3 is 1. The number of hydrogen-bond donors (Lipinski definition) is 0. The molecule has 0 aromatic heterocycles. The second kappa shape index (κ2) is 6.17. The first-order valence-electron chi connectivity index (χ1n) is 7.57. The van der Waals surface area contributed by atoms with Gasteiger partial charge in [-0.3, -0.25) is 4.79 Å². The van der Waals surface area contributed by atoms with Gasteiger partial charge < -0.3 is 9.47 Å². The van der Waals surface area contributed by atoms with Crippen molar-refractivity contribution >= 4 is 16.7 Å². The molecule has 0 atom stereocenters. The molecule has 0 spiro atoms. The van der Waals surface area contributed by atoms with Gasteiger partial charge in [-0.2, -0.15) is 0 Å². The summed E-state index contributed by atoms with van der Waals surface area (Å²) in [5, 5.41) is 1.88. The third-order valence-corrected chi connectivity index (χ3v) is 4.21. The molecule has 1 fully saturated rings. The van der Waals surface area contributed by atoms with E-state index in [2.05, 4.69) is 0 Å². The second-order valence-corrected chi connectivity index (χ2v) is 5.57. The third-order valence-electron chi connectivity index (χ3n) is 4.21. The van der Waals surface area contributed by atoms with E-state index in [9.17, 15) is 4.79 Å². The molecule has 21 heavy (non-hydrogen) atoms. The number of esters is 1. The number of rotatable bonds is 3. The van der Waals surface area contributed by atoms with Crippen molar-refractivity contribution in [1.82, 2.24) is 0 Å². The maximum Gasteiger partial charge on any atom is 0.314 e. The summed E-state index contributed by atoms with van der Waals surface area (Å²) in [6.45, 7) is 0. The number of fused-ring (bicyclic) bond motifs is 1. The van der Waals surface area contributed by atoms with E-state index in [-0.39, 0.29) is 11.9 Å². The maximum atomic E-state index is 12.3. The molecule has 0 unspecified atom stereocenters. The predicted octanol–water partition coefficient (Wildman–Crippen LogP) is 4.33. The van der Waals surface area contributed by atoms with Gasteiger partial charge in [0.1, 0.15) is 11.5 Å². The van der Waals surface area contributed by atoms with Gasteiger partial charge in [-0.25, -0.2) is 0 Å². The fraction of sp³-hybridized carbons (Fsp3) is 0.389. The molecular formula is C18H20O3. The average molecular weight is 284 g/mol. The molecule has 0 aliphatic heterocycles. The van der Waals surface area contributed by atoms with E-state index in [1.165, 1.54) is 6.42 Å². The van der Waals surface area contributed by atoms with E-state index in [0.29, 0.717) is 5.75 Å². The number of hydrogen-bond acceptors (Lipinski definition) is 3. The Morgan fingerprint density at radius 3 is 2.24 bits per heavy atom. The van der Waals surface area contributed by atoms with Gasteiger partial charge in [-0.05, 0) is 25.0 Å². The summed E-state index contributed by atoms with van der Waals surface area (Å²) in [4.78, 5) is 12.3. The van der Waals surface area contributed by atoms with Crippen molar-refractivity contribution in [2.24, 2.45) is 5.92 Å². The molecule has 2 aromatic carbocycles. The standard InChI is InChI=1S/C18H20O3/c1-20-16-11-12-17(15-10-6-5-9-14(15)16)21-18(19)13-7-3-2-4-8-13/h5-6,9-13H,2-4,7-8H2,1H3. The minimum atomic E-state index is -0.0926. The fourth-order valence-corrected chi connectivity index (χ4v) is 3.04. The van der Waals surface area contributed by atoms with Crippen LogP contribution in [0.25, 0.3) is 10.8 Å². The quantitative estimate of drug-likeness (QED) is 0.621. The van der Waals surface area contributed by atoms with Crippen LogP contribution in [0.5, 0.6) is 11.5 Å². The Morgan fingerprint density at radius 2 is 1.57 bits per heavy atom. The molecular weight excluding hydrogens is 264 g/mol. The van der Waals surface area contributed by atoms with Crippen LogP contribution in [0, 0.1) is 5.92 Å². The van der Waals surface area contributed by atoms with Crippen LogP contribution in [-0.2, 0) is 4.79 Å². The van der Waals surface area contributed by atoms with Gasteiger partial charge in [-0.1, -0.05) is 43.5 Å². The van der Waals surface area contributed by atoms with Crippen molar-refractivity contribution < 1.29 is 14.3 Å². The SMILES string of the molecule is COc1ccc(OC(=O)C2CCCCC2)c2ccccc12. The molecule has 0 radical (unpaired) electrons. The zero-order valence-corrected chi connectivity index (χ0v) is 12.3. The lowest BCUT2D eigenvalue weighted by atomic mass is 9.89. The monoisotopic (exact) mass is 284 g/mol. The van der Waals surface area contributed by atoms with Crippen LogP contribution < -0.4 is 9.47 Å². The Kier molecular flexibility index (Phi) is 4.09. The van der Waals surface area contributed by atoms with Crippen LogP contribution in [0.4, 0.5) is 0 Å². The molecule has 1 saturated carbocycles. The van der Waals surface area contributed by atoms with Crippen LogP contribution in [-0.4, -0.2) is 13.1 Å². The van der Waals surface area contributed by atoms with Crippen LogP contribution >= 0.6 is 0 Å². The molecule has 3 rings (SSSR count). The van der Waals surface area contributed by atoms with Gasteiger partial charge in [-0.15, -0.1) is 0 Å². The zero-order valence-electron chi connectivity index (χ0n) is 12.3. The highest BCUT2D eigenvalue weighted by Crippen LogP contribution is 2.34. The molecule has 0 saturated heterocycles. The van der Waals surface area contributed by atoms with E-state index >= 15 is 0 Å². The Labute approximate surface area is 124 Å². The van der Waals surface area contributed by atoms with Crippen LogP contribution in [0.15, 0.2) is 36.4 Å². The van der Waals surface area contributed by atoms with E-state index < -0.39 is 0 Å². The first kappa shape index (κ1) is 13.9. The maximum absolute atomic E-state index is 12.3. The van der Waals surface area contributed by atoms with Crippen molar-refractivity contribution in [3.63, 3.8) is 0 Å². The van der Waals surface area contributed by atoms with Crippen LogP contribution in [0.3, 0.4) is 0 Å². The van der Waals surface area contributed by atoms with Crippen molar-refractivity contribution in [2.75, 3.05) is 7.11 Å². The van der Waals surface area contributed by atoms with Crippen molar-refractivity contribution in [3.8, 4) is 11.5 Å². The molecule has 1 aliphatic rings. The summed E-state index contributed by atoms with van der Waals surface area (Å²) in [6.07, 6.45) is 5.39. The third kappa shape index (κ3) is 2.87. The minimum Gasteiger partial charge on any atom is -0.496 e. The van der Waals surface area contributed by atoms with E-state index in [0.717, 1.165) is 42.2 Å². The van der Waals surface area contributed by atoms with E-state index in [1.807, 2.05) is 36.4 Å². The van der Waals surface area contributed by atoms with E-state index in [4.69, 9.17) is 9.47 Å². The van der Waals surface area contributed by atoms with Crippen molar-refractivity contribution in [3.05, 3.63) is 36.4 Å². The summed E-state index contributed by atoms with van der Waals surface area (Å²) >= 11 is 0. The zero-order chi connectivity index (χ0) is 14.7. The molecule has 1 aliphatic carbocycles. The summed E-state index contributed by atoms with van der Waals surface area (Å²) in [5.41, 5.74) is 0. The van der Waals surface area contributed by atoms with Gasteiger partial charge in [0.2, 0.25) is 0 Å². The highest BCUT2D eigenvalue weighted by atomic mass is 16.5. The number of carbonyl (C=O) groups is 1. The largest absolute Gasteiger partial charge is 0.496 e. The smallest absolute Gasteiger partial charge is 0.314 e. The number of carbonyl (C=O) groups excluding carboxylic acids is 1. The number of benzene rings is 2. The van der Waals surface area contributed by atoms with Crippen molar-refractivity contribution in [2.45, 2.75) is 32.1 Å². The number of ether oxygens (including phenoxy) is 2. The van der Waals surface area contributed by atoms with Gasteiger partial charge in [0, 0.05) is 10.8 Å². The normalized spacial score (nSPS) is 15.9. The molecule has 0 N–H and O–H groups in total. The minimum absolute atomic E-state index is 0.0552. The Bertz CT molecular complexity index is 642. The van der Waals surface area contributed by atoms with Gasteiger partial charge in [0.15, 0.2) is 0 Å². The Hall–Kier alpha value is -2.03. The Morgan fingerprint density at radius 1 is 0.952 bits per heavy atom. The summed E-state index contributed by atoms with van der Waals surface area (Å²) < 4.78 is 11.0. The van der Waals surface area contributed by atoms with Gasteiger partial charge >= 0.3 is 5.97 Å². The van der Waals surface area contributed by atoms with Crippen molar-refractivity contribution in [1.29, 1.82) is 0 Å². The highest BCUT2D eigenvalue weighted by Gasteiger charge is 2.23. The lowest BCUT2D eigenvalue weighted by molar-refractivity contribution is -0.139. The van der Waals surface area contributed by atoms with Gasteiger partial charge in [0.05, 0.1) is 13.0 Å². The van der Waals surface area contributed by atoms with E-state index in [1.54, 1.807) is 7.11 Å². The summed E-state index contributed by atoms with van der Waals surface area (Å²) in [6, 6.07) is 11.5. The summed E-state index contributed by atoms with van der Waals surface area (Å²) in [7, 11) is 1.65.